The number of halogens is 1. The lowest BCUT2D eigenvalue weighted by Crippen LogP contribution is -2.48. The first kappa shape index (κ1) is 20.6. The zero-order chi connectivity index (χ0) is 21.5. The number of hydrogen-bond acceptors (Lipinski definition) is 4. The fraction of sp³-hybridized carbons (Fsp3) is 0.500. The largest absolute Gasteiger partial charge is 0.473 e. The lowest BCUT2D eigenvalue weighted by Gasteiger charge is -2.36. The van der Waals surface area contributed by atoms with Gasteiger partial charge in [0.15, 0.2) is 0 Å². The number of carbonyl (C=O) groups is 1. The van der Waals surface area contributed by atoms with Crippen LogP contribution >= 0.6 is 0 Å². The molecule has 1 aromatic heterocycles. The predicted octanol–water partition coefficient (Wildman–Crippen LogP) is 4.00. The van der Waals surface area contributed by atoms with Crippen molar-refractivity contribution in [1.29, 1.82) is 0 Å². The number of pyridine rings is 1. The first-order chi connectivity index (χ1) is 14.3. The van der Waals surface area contributed by atoms with Crippen LogP contribution in [0.15, 0.2) is 36.4 Å². The van der Waals surface area contributed by atoms with Gasteiger partial charge in [-0.2, -0.15) is 0 Å². The molecule has 1 unspecified atom stereocenters. The van der Waals surface area contributed by atoms with Crippen LogP contribution in [0.4, 0.5) is 10.1 Å². The van der Waals surface area contributed by atoms with Gasteiger partial charge in [0.2, 0.25) is 11.8 Å². The quantitative estimate of drug-likeness (QED) is 0.781. The summed E-state index contributed by atoms with van der Waals surface area (Å²) in [6.45, 7) is 10.2. The summed E-state index contributed by atoms with van der Waals surface area (Å²) >= 11 is 0. The zero-order valence-corrected chi connectivity index (χ0v) is 18.1. The minimum absolute atomic E-state index is 0.127. The van der Waals surface area contributed by atoms with Gasteiger partial charge in [-0.25, -0.2) is 9.37 Å². The fourth-order valence-electron chi connectivity index (χ4n) is 4.41. The van der Waals surface area contributed by atoms with Gasteiger partial charge in [-0.05, 0) is 42.9 Å². The molecule has 2 aromatic rings. The Morgan fingerprint density at radius 3 is 2.60 bits per heavy atom. The van der Waals surface area contributed by atoms with Crippen molar-refractivity contribution in [2.45, 2.75) is 46.4 Å². The molecule has 4 rings (SSSR count). The number of nitrogens with one attached hydrogen (secondary N) is 1. The summed E-state index contributed by atoms with van der Waals surface area (Å²) in [5.74, 6) is 1.11. The minimum Gasteiger partial charge on any atom is -0.473 e. The molecule has 0 aliphatic carbocycles. The van der Waals surface area contributed by atoms with Crippen molar-refractivity contribution in [3.8, 4) is 5.88 Å². The maximum atomic E-state index is 13.2. The molecule has 3 atom stereocenters. The van der Waals surface area contributed by atoms with Crippen molar-refractivity contribution in [2.24, 2.45) is 11.3 Å². The zero-order valence-electron chi connectivity index (χ0n) is 18.1. The number of benzene rings is 1. The number of rotatable bonds is 6. The molecule has 6 heteroatoms. The molecular weight excluding hydrogens is 381 g/mol. The van der Waals surface area contributed by atoms with Crippen LogP contribution in [0.1, 0.15) is 43.5 Å². The summed E-state index contributed by atoms with van der Waals surface area (Å²) in [6.07, 6.45) is -0.746. The molecule has 5 nitrogen and oxygen atoms in total. The van der Waals surface area contributed by atoms with Crippen molar-refractivity contribution in [3.63, 3.8) is 0 Å². The SMILES string of the molecule is Cc1cc(N2CC(F)C2)cc(OCc2ccc(C(C)[C@@]3(C)C(=O)NC[C@@H]3C)cc2)n1. The fourth-order valence-corrected chi connectivity index (χ4v) is 4.41. The number of alkyl halides is 1. The van der Waals surface area contributed by atoms with E-state index in [4.69, 9.17) is 4.74 Å². The summed E-state index contributed by atoms with van der Waals surface area (Å²) in [7, 11) is 0. The molecule has 0 saturated carbocycles. The molecule has 1 aromatic carbocycles. The molecule has 2 fully saturated rings. The molecular formula is C24H30FN3O2. The van der Waals surface area contributed by atoms with E-state index in [9.17, 15) is 9.18 Å². The highest BCUT2D eigenvalue weighted by atomic mass is 19.1. The van der Waals surface area contributed by atoms with E-state index in [0.717, 1.165) is 29.1 Å². The second-order valence-corrected chi connectivity index (χ2v) is 8.95. The van der Waals surface area contributed by atoms with Gasteiger partial charge in [-0.1, -0.05) is 38.1 Å². The first-order valence-electron chi connectivity index (χ1n) is 10.6. The molecule has 0 bridgehead atoms. The third-order valence-corrected chi connectivity index (χ3v) is 6.96. The number of aromatic nitrogens is 1. The van der Waals surface area contributed by atoms with Crippen LogP contribution in [0.25, 0.3) is 0 Å². The van der Waals surface area contributed by atoms with Gasteiger partial charge in [0, 0.05) is 24.0 Å². The molecule has 1 amide bonds. The third-order valence-electron chi connectivity index (χ3n) is 6.96. The molecule has 1 N–H and O–H groups in total. The number of amides is 1. The highest BCUT2D eigenvalue weighted by Gasteiger charge is 2.48. The number of carbonyl (C=O) groups excluding carboxylic acids is 1. The van der Waals surface area contributed by atoms with Crippen LogP contribution < -0.4 is 15.0 Å². The Bertz CT molecular complexity index is 927. The normalized spacial score (nSPS) is 25.0. The molecule has 30 heavy (non-hydrogen) atoms. The Morgan fingerprint density at radius 1 is 1.30 bits per heavy atom. The number of nitrogens with zero attached hydrogens (tertiary/aromatic N) is 2. The molecule has 0 spiro atoms. The van der Waals surface area contributed by atoms with Gasteiger partial charge in [0.05, 0.1) is 18.5 Å². The van der Waals surface area contributed by atoms with E-state index in [1.165, 1.54) is 0 Å². The van der Waals surface area contributed by atoms with E-state index in [-0.39, 0.29) is 11.8 Å². The third kappa shape index (κ3) is 3.75. The van der Waals surface area contributed by atoms with Crippen LogP contribution in [-0.4, -0.2) is 36.7 Å². The second kappa shape index (κ2) is 7.89. The average Bonchev–Trinajstić information content (AvgIpc) is 2.97. The van der Waals surface area contributed by atoms with Crippen molar-refractivity contribution in [3.05, 3.63) is 53.2 Å². The molecule has 160 valence electrons. The minimum atomic E-state index is -0.746. The van der Waals surface area contributed by atoms with Gasteiger partial charge in [0.25, 0.3) is 0 Å². The molecule has 2 aliphatic rings. The smallest absolute Gasteiger partial charge is 0.226 e. The molecule has 2 saturated heterocycles. The Balaban J connectivity index is 1.41. The number of aryl methyl sites for hydroxylation is 1. The summed E-state index contributed by atoms with van der Waals surface area (Å²) in [5.41, 5.74) is 3.60. The Labute approximate surface area is 177 Å². The van der Waals surface area contributed by atoms with E-state index in [2.05, 4.69) is 43.2 Å². The number of hydrogen-bond donors (Lipinski definition) is 1. The number of ether oxygens (including phenoxy) is 1. The monoisotopic (exact) mass is 411 g/mol. The van der Waals surface area contributed by atoms with E-state index < -0.39 is 11.6 Å². The van der Waals surface area contributed by atoms with Gasteiger partial charge < -0.3 is 15.0 Å². The molecule has 0 radical (unpaired) electrons. The molecule has 3 heterocycles. The van der Waals surface area contributed by atoms with Gasteiger partial charge in [-0.3, -0.25) is 4.79 Å². The van der Waals surface area contributed by atoms with Crippen molar-refractivity contribution < 1.29 is 13.9 Å². The van der Waals surface area contributed by atoms with E-state index in [1.807, 2.05) is 36.1 Å². The van der Waals surface area contributed by atoms with E-state index >= 15 is 0 Å². The van der Waals surface area contributed by atoms with Gasteiger partial charge >= 0.3 is 0 Å². The Morgan fingerprint density at radius 2 is 2.00 bits per heavy atom. The maximum Gasteiger partial charge on any atom is 0.226 e. The number of anilines is 1. The van der Waals surface area contributed by atoms with Crippen LogP contribution in [0.3, 0.4) is 0 Å². The highest BCUT2D eigenvalue weighted by molar-refractivity contribution is 5.85. The summed E-state index contributed by atoms with van der Waals surface area (Å²) in [6, 6.07) is 12.1. The summed E-state index contributed by atoms with van der Waals surface area (Å²) in [4.78, 5) is 18.9. The van der Waals surface area contributed by atoms with E-state index in [1.54, 1.807) is 0 Å². The van der Waals surface area contributed by atoms with Gasteiger partial charge in [-0.15, -0.1) is 0 Å². The summed E-state index contributed by atoms with van der Waals surface area (Å²) in [5, 5.41) is 3.00. The predicted molar refractivity (Wildman–Crippen MR) is 116 cm³/mol. The van der Waals surface area contributed by atoms with Crippen LogP contribution in [0, 0.1) is 18.3 Å². The van der Waals surface area contributed by atoms with E-state index in [0.29, 0.717) is 31.5 Å². The first-order valence-corrected chi connectivity index (χ1v) is 10.6. The highest BCUT2D eigenvalue weighted by Crippen LogP contribution is 2.44. The molecule has 2 aliphatic heterocycles. The average molecular weight is 412 g/mol. The van der Waals surface area contributed by atoms with Crippen LogP contribution in [0.2, 0.25) is 0 Å². The van der Waals surface area contributed by atoms with Crippen LogP contribution in [0.5, 0.6) is 5.88 Å². The van der Waals surface area contributed by atoms with Crippen molar-refractivity contribution in [1.82, 2.24) is 10.3 Å². The Hall–Kier alpha value is -2.63. The standard InChI is InChI=1S/C24H30FN3O2/c1-15-11-26-23(29)24(15,4)17(3)19-7-5-18(6-8-19)14-30-22-10-21(9-16(2)27-22)28-12-20(25)13-28/h5-10,15,17,20H,11-14H2,1-4H3,(H,26,29)/t15-,17?,24-/m0/s1. The van der Waals surface area contributed by atoms with Crippen molar-refractivity contribution in [2.75, 3.05) is 24.5 Å². The van der Waals surface area contributed by atoms with Crippen LogP contribution in [-0.2, 0) is 11.4 Å². The Kier molecular flexibility index (Phi) is 5.43. The lowest BCUT2D eigenvalue weighted by atomic mass is 9.68. The van der Waals surface area contributed by atoms with Crippen molar-refractivity contribution >= 4 is 11.6 Å². The topological polar surface area (TPSA) is 54.5 Å². The second-order valence-electron chi connectivity index (χ2n) is 8.95. The summed E-state index contributed by atoms with van der Waals surface area (Å²) < 4.78 is 19.1. The maximum absolute atomic E-state index is 13.2. The lowest BCUT2D eigenvalue weighted by molar-refractivity contribution is -0.128. The van der Waals surface area contributed by atoms with Gasteiger partial charge in [0.1, 0.15) is 12.8 Å².